The SMILES string of the molecule is [CH2]c1ccccc1[C](Br)Br. The van der Waals surface area contributed by atoms with Gasteiger partial charge < -0.3 is 0 Å². The monoisotopic (exact) mass is 260 g/mol. The first-order valence-electron chi connectivity index (χ1n) is 2.81. The Morgan fingerprint density at radius 3 is 2.20 bits per heavy atom. The van der Waals surface area contributed by atoms with Crippen LogP contribution in [0, 0.1) is 10.7 Å². The molecule has 0 amide bonds. The standard InChI is InChI=1S/C8H6Br2/c1-6-4-2-3-5-7(6)8(9)10/h2-5H,1H2. The van der Waals surface area contributed by atoms with Gasteiger partial charge in [0.25, 0.3) is 0 Å². The van der Waals surface area contributed by atoms with Gasteiger partial charge in [0.05, 0.1) is 0 Å². The molecule has 0 atom stereocenters. The molecule has 0 bridgehead atoms. The molecule has 0 heterocycles. The second-order valence-corrected chi connectivity index (χ2v) is 4.57. The number of halogens is 2. The minimum Gasteiger partial charge on any atom is -0.0645 e. The molecule has 0 saturated heterocycles. The molecule has 0 fully saturated rings. The van der Waals surface area contributed by atoms with Crippen LogP contribution in [0.4, 0.5) is 0 Å². The van der Waals surface area contributed by atoms with Gasteiger partial charge in [0.2, 0.25) is 0 Å². The normalized spacial score (nSPS) is 10.4. The van der Waals surface area contributed by atoms with Gasteiger partial charge in [0, 0.05) is 0 Å². The number of hydrogen-bond donors (Lipinski definition) is 0. The Morgan fingerprint density at radius 2 is 1.80 bits per heavy atom. The average Bonchev–Trinajstić information content (AvgIpc) is 1.88. The summed E-state index contributed by atoms with van der Waals surface area (Å²) in [6, 6.07) is 7.92. The van der Waals surface area contributed by atoms with Crippen molar-refractivity contribution in [2.24, 2.45) is 0 Å². The van der Waals surface area contributed by atoms with Crippen LogP contribution in [0.15, 0.2) is 24.3 Å². The zero-order chi connectivity index (χ0) is 7.56. The smallest absolute Gasteiger partial charge is 0.0645 e. The topological polar surface area (TPSA) is 0 Å². The van der Waals surface area contributed by atoms with Crippen LogP contribution in [-0.2, 0) is 0 Å². The first-order valence-corrected chi connectivity index (χ1v) is 4.39. The van der Waals surface area contributed by atoms with E-state index < -0.39 is 0 Å². The highest BCUT2D eigenvalue weighted by Gasteiger charge is 2.04. The van der Waals surface area contributed by atoms with E-state index in [2.05, 4.69) is 38.8 Å². The predicted molar refractivity (Wildman–Crippen MR) is 51.1 cm³/mol. The molecule has 52 valence electrons. The van der Waals surface area contributed by atoms with Crippen molar-refractivity contribution in [3.8, 4) is 0 Å². The zero-order valence-corrected chi connectivity index (χ0v) is 8.44. The highest BCUT2D eigenvalue weighted by molar-refractivity contribution is 9.27. The molecule has 0 unspecified atom stereocenters. The summed E-state index contributed by atoms with van der Waals surface area (Å²) in [5.74, 6) is 0. The summed E-state index contributed by atoms with van der Waals surface area (Å²) in [7, 11) is 0. The van der Waals surface area contributed by atoms with Gasteiger partial charge in [-0.1, -0.05) is 56.1 Å². The van der Waals surface area contributed by atoms with E-state index in [9.17, 15) is 0 Å². The third-order valence-corrected chi connectivity index (χ3v) is 2.08. The van der Waals surface area contributed by atoms with Crippen molar-refractivity contribution < 1.29 is 0 Å². The lowest BCUT2D eigenvalue weighted by Gasteiger charge is -2.03. The van der Waals surface area contributed by atoms with Gasteiger partial charge in [-0.25, -0.2) is 0 Å². The number of benzene rings is 1. The van der Waals surface area contributed by atoms with Gasteiger partial charge in [-0.3, -0.25) is 0 Å². The molecule has 0 aliphatic heterocycles. The summed E-state index contributed by atoms with van der Waals surface area (Å²) < 4.78 is 0.950. The van der Waals surface area contributed by atoms with Crippen LogP contribution in [0.2, 0.25) is 0 Å². The minimum atomic E-state index is 0.950. The Balaban J connectivity index is 3.03. The Labute approximate surface area is 77.9 Å². The molecule has 1 aromatic rings. The molecule has 0 aliphatic rings. The van der Waals surface area contributed by atoms with Crippen LogP contribution in [0.3, 0.4) is 0 Å². The van der Waals surface area contributed by atoms with E-state index in [1.807, 2.05) is 24.3 Å². The summed E-state index contributed by atoms with van der Waals surface area (Å²) in [5.41, 5.74) is 2.12. The van der Waals surface area contributed by atoms with Crippen molar-refractivity contribution >= 4 is 31.9 Å². The van der Waals surface area contributed by atoms with Crippen LogP contribution >= 0.6 is 31.9 Å². The van der Waals surface area contributed by atoms with Crippen molar-refractivity contribution in [3.05, 3.63) is 46.1 Å². The van der Waals surface area contributed by atoms with Crippen LogP contribution in [0.25, 0.3) is 0 Å². The summed E-state index contributed by atoms with van der Waals surface area (Å²) in [6.07, 6.45) is 0. The highest BCUT2D eigenvalue weighted by atomic mass is 79.9. The van der Waals surface area contributed by atoms with Gasteiger partial charge in [0.15, 0.2) is 0 Å². The molecule has 2 heteroatoms. The Bertz CT molecular complexity index is 218. The zero-order valence-electron chi connectivity index (χ0n) is 5.27. The molecule has 0 saturated carbocycles. The van der Waals surface area contributed by atoms with Gasteiger partial charge in [-0.2, -0.15) is 0 Å². The van der Waals surface area contributed by atoms with E-state index in [-0.39, 0.29) is 0 Å². The number of hydrogen-bond acceptors (Lipinski definition) is 0. The lowest BCUT2D eigenvalue weighted by Crippen LogP contribution is -1.84. The van der Waals surface area contributed by atoms with E-state index in [0.717, 1.165) is 14.9 Å². The summed E-state index contributed by atoms with van der Waals surface area (Å²) in [6.45, 7) is 3.86. The summed E-state index contributed by atoms with van der Waals surface area (Å²) in [5, 5.41) is 0. The molecule has 0 aromatic heterocycles. The maximum absolute atomic E-state index is 3.86. The maximum atomic E-state index is 3.86. The minimum absolute atomic E-state index is 0.950. The van der Waals surface area contributed by atoms with Crippen molar-refractivity contribution in [1.82, 2.24) is 0 Å². The number of rotatable bonds is 1. The second-order valence-electron chi connectivity index (χ2n) is 1.92. The van der Waals surface area contributed by atoms with E-state index in [0.29, 0.717) is 0 Å². The molecule has 0 aliphatic carbocycles. The van der Waals surface area contributed by atoms with Gasteiger partial charge in [-0.05, 0) is 18.1 Å². The molecular formula is C8H6Br2. The molecule has 1 aromatic carbocycles. The van der Waals surface area contributed by atoms with Gasteiger partial charge in [0.1, 0.15) is 3.74 Å². The molecule has 10 heavy (non-hydrogen) atoms. The maximum Gasteiger partial charge on any atom is 0.135 e. The fourth-order valence-corrected chi connectivity index (χ4v) is 1.48. The third kappa shape index (κ3) is 1.83. The highest BCUT2D eigenvalue weighted by Crippen LogP contribution is 2.29. The lowest BCUT2D eigenvalue weighted by atomic mass is 10.1. The fraction of sp³-hybridized carbons (Fsp3) is 0. The first kappa shape index (κ1) is 8.28. The largest absolute Gasteiger partial charge is 0.135 e. The second kappa shape index (κ2) is 3.54. The molecule has 0 N–H and O–H groups in total. The quantitative estimate of drug-likeness (QED) is 0.726. The molecule has 0 nitrogen and oxygen atoms in total. The van der Waals surface area contributed by atoms with Crippen molar-refractivity contribution in [3.63, 3.8) is 0 Å². The third-order valence-electron chi connectivity index (χ3n) is 1.22. The van der Waals surface area contributed by atoms with E-state index in [1.54, 1.807) is 0 Å². The van der Waals surface area contributed by atoms with Crippen molar-refractivity contribution in [2.75, 3.05) is 0 Å². The Morgan fingerprint density at radius 1 is 1.20 bits per heavy atom. The average molecular weight is 262 g/mol. The molecule has 0 spiro atoms. The lowest BCUT2D eigenvalue weighted by molar-refractivity contribution is 1.51. The van der Waals surface area contributed by atoms with Crippen molar-refractivity contribution in [1.29, 1.82) is 0 Å². The van der Waals surface area contributed by atoms with Gasteiger partial charge in [-0.15, -0.1) is 0 Å². The summed E-state index contributed by atoms with van der Waals surface area (Å²) in [4.78, 5) is 0. The van der Waals surface area contributed by atoms with E-state index in [1.165, 1.54) is 0 Å². The summed E-state index contributed by atoms with van der Waals surface area (Å²) >= 11 is 6.65. The van der Waals surface area contributed by atoms with Crippen LogP contribution in [-0.4, -0.2) is 0 Å². The van der Waals surface area contributed by atoms with Gasteiger partial charge >= 0.3 is 0 Å². The van der Waals surface area contributed by atoms with Crippen LogP contribution in [0.5, 0.6) is 0 Å². The van der Waals surface area contributed by atoms with Crippen molar-refractivity contribution in [2.45, 2.75) is 0 Å². The Kier molecular flexibility index (Phi) is 2.93. The van der Waals surface area contributed by atoms with Crippen LogP contribution < -0.4 is 0 Å². The molecular weight excluding hydrogens is 256 g/mol. The Hall–Kier alpha value is 0.180. The predicted octanol–water partition coefficient (Wildman–Crippen LogP) is 3.50. The van der Waals surface area contributed by atoms with E-state index in [4.69, 9.17) is 0 Å². The fourth-order valence-electron chi connectivity index (χ4n) is 0.705. The first-order chi connectivity index (χ1) is 4.72. The van der Waals surface area contributed by atoms with E-state index >= 15 is 0 Å². The van der Waals surface area contributed by atoms with Crippen LogP contribution in [0.1, 0.15) is 11.1 Å². The molecule has 1 rings (SSSR count). The molecule has 2 radical (unpaired) electrons.